The number of hydrogen-bond acceptors (Lipinski definition) is 5. The molecule has 0 unspecified atom stereocenters. The summed E-state index contributed by atoms with van der Waals surface area (Å²) in [6, 6.07) is 3.77. The molecule has 1 aromatic heterocycles. The fourth-order valence-electron chi connectivity index (χ4n) is 2.26. The lowest BCUT2D eigenvalue weighted by molar-refractivity contribution is 0.144. The van der Waals surface area contributed by atoms with Crippen LogP contribution in [0.3, 0.4) is 0 Å². The van der Waals surface area contributed by atoms with Gasteiger partial charge in [0.15, 0.2) is 0 Å². The van der Waals surface area contributed by atoms with E-state index in [1.54, 1.807) is 18.2 Å². The second-order valence-electron chi connectivity index (χ2n) is 4.97. The second kappa shape index (κ2) is 7.68. The lowest BCUT2D eigenvalue weighted by atomic mass is 10.1. The van der Waals surface area contributed by atoms with Gasteiger partial charge in [-0.15, -0.1) is 0 Å². The highest BCUT2D eigenvalue weighted by Gasteiger charge is 2.20. The Labute approximate surface area is 124 Å². The third-order valence-corrected chi connectivity index (χ3v) is 3.45. The number of ether oxygens (including phenoxy) is 2. The third-order valence-electron chi connectivity index (χ3n) is 3.45. The molecule has 0 saturated carbocycles. The molecule has 0 bridgehead atoms. The summed E-state index contributed by atoms with van der Waals surface area (Å²) in [5.74, 6) is 0.584. The number of piperidine rings is 1. The molecule has 1 fully saturated rings. The molecular weight excluding hydrogens is 272 g/mol. The van der Waals surface area contributed by atoms with Crippen LogP contribution in [0.2, 0.25) is 0 Å². The van der Waals surface area contributed by atoms with E-state index in [2.05, 4.69) is 10.3 Å². The van der Waals surface area contributed by atoms with Gasteiger partial charge in [-0.1, -0.05) is 0 Å². The first-order valence-electron chi connectivity index (χ1n) is 7.07. The van der Waals surface area contributed by atoms with Gasteiger partial charge in [0, 0.05) is 32.3 Å². The van der Waals surface area contributed by atoms with Gasteiger partial charge in [0.25, 0.3) is 0 Å². The number of amides is 2. The topological polar surface area (TPSA) is 89.7 Å². The number of nitrogens with zero attached hydrogens (tertiary/aromatic N) is 2. The zero-order valence-corrected chi connectivity index (χ0v) is 12.2. The molecule has 1 aromatic rings. The molecule has 0 spiro atoms. The Morgan fingerprint density at radius 2 is 2.19 bits per heavy atom. The number of nitrogens with one attached hydrogen (secondary N) is 1. The molecule has 7 heteroatoms. The molecular formula is C14H22N4O3. The zero-order valence-electron chi connectivity index (χ0n) is 12.2. The average molecular weight is 294 g/mol. The molecule has 3 N–H and O–H groups in total. The lowest BCUT2D eigenvalue weighted by Gasteiger charge is -2.31. The van der Waals surface area contributed by atoms with E-state index in [-0.39, 0.29) is 6.03 Å². The quantitative estimate of drug-likeness (QED) is 0.766. The van der Waals surface area contributed by atoms with Crippen molar-refractivity contribution >= 4 is 11.7 Å². The van der Waals surface area contributed by atoms with E-state index in [9.17, 15) is 4.79 Å². The highest BCUT2D eigenvalue weighted by molar-refractivity contribution is 5.72. The van der Waals surface area contributed by atoms with Crippen molar-refractivity contribution in [2.45, 2.75) is 18.9 Å². The minimum Gasteiger partial charge on any atom is -0.475 e. The number of primary amides is 1. The van der Waals surface area contributed by atoms with Gasteiger partial charge in [-0.25, -0.2) is 9.78 Å². The second-order valence-corrected chi connectivity index (χ2v) is 4.97. The first kappa shape index (κ1) is 15.4. The Hall–Kier alpha value is -2.02. The van der Waals surface area contributed by atoms with Crippen molar-refractivity contribution in [3.63, 3.8) is 0 Å². The maximum Gasteiger partial charge on any atom is 0.314 e. The van der Waals surface area contributed by atoms with E-state index in [1.165, 1.54) is 0 Å². The standard InChI is InChI=1S/C14H22N4O3/c1-20-8-9-21-13-3-2-12(10-16-13)17-11-4-6-18(7-5-11)14(15)19/h2-3,10-11,17H,4-9H2,1H3,(H2,15,19). The van der Waals surface area contributed by atoms with Crippen LogP contribution in [0.25, 0.3) is 0 Å². The molecule has 2 heterocycles. The molecule has 0 atom stereocenters. The Bertz CT molecular complexity index is 444. The van der Waals surface area contributed by atoms with Crippen LogP contribution < -0.4 is 15.8 Å². The number of hydrogen-bond donors (Lipinski definition) is 2. The number of methoxy groups -OCH3 is 1. The Balaban J connectivity index is 1.77. The summed E-state index contributed by atoms with van der Waals surface area (Å²) in [4.78, 5) is 17.0. The van der Waals surface area contributed by atoms with Crippen LogP contribution in [-0.2, 0) is 4.74 Å². The van der Waals surface area contributed by atoms with Crippen LogP contribution in [0.4, 0.5) is 10.5 Å². The van der Waals surface area contributed by atoms with Crippen LogP contribution in [0, 0.1) is 0 Å². The maximum absolute atomic E-state index is 11.1. The molecule has 2 rings (SSSR count). The van der Waals surface area contributed by atoms with Crippen molar-refractivity contribution in [1.29, 1.82) is 0 Å². The molecule has 7 nitrogen and oxygen atoms in total. The predicted molar refractivity (Wildman–Crippen MR) is 79.4 cm³/mol. The molecule has 1 aliphatic heterocycles. The number of anilines is 1. The monoisotopic (exact) mass is 294 g/mol. The fourth-order valence-corrected chi connectivity index (χ4v) is 2.26. The summed E-state index contributed by atoms with van der Waals surface area (Å²) < 4.78 is 10.3. The molecule has 0 aliphatic carbocycles. The smallest absolute Gasteiger partial charge is 0.314 e. The normalized spacial score (nSPS) is 15.8. The van der Waals surface area contributed by atoms with Crippen LogP contribution in [0.15, 0.2) is 18.3 Å². The van der Waals surface area contributed by atoms with Crippen molar-refractivity contribution in [2.24, 2.45) is 5.73 Å². The van der Waals surface area contributed by atoms with Gasteiger partial charge in [0.05, 0.1) is 18.5 Å². The minimum absolute atomic E-state index is 0.336. The molecule has 1 saturated heterocycles. The number of likely N-dealkylation sites (tertiary alicyclic amines) is 1. The van der Waals surface area contributed by atoms with Gasteiger partial charge in [-0.05, 0) is 18.9 Å². The number of carbonyl (C=O) groups excluding carboxylic acids is 1. The van der Waals surface area contributed by atoms with Crippen LogP contribution in [0.1, 0.15) is 12.8 Å². The molecule has 116 valence electrons. The van der Waals surface area contributed by atoms with Gasteiger partial charge >= 0.3 is 6.03 Å². The van der Waals surface area contributed by atoms with E-state index in [1.807, 2.05) is 12.1 Å². The van der Waals surface area contributed by atoms with E-state index >= 15 is 0 Å². The maximum atomic E-state index is 11.1. The van der Waals surface area contributed by atoms with Crippen LogP contribution >= 0.6 is 0 Å². The van der Waals surface area contributed by atoms with E-state index < -0.39 is 0 Å². The summed E-state index contributed by atoms with van der Waals surface area (Å²) in [5.41, 5.74) is 6.22. The van der Waals surface area contributed by atoms with Gasteiger partial charge in [0.2, 0.25) is 5.88 Å². The SMILES string of the molecule is COCCOc1ccc(NC2CCN(C(N)=O)CC2)cn1. The number of pyridine rings is 1. The number of aromatic nitrogens is 1. The van der Waals surface area contributed by atoms with Crippen molar-refractivity contribution in [1.82, 2.24) is 9.88 Å². The summed E-state index contributed by atoms with van der Waals surface area (Å²) in [6.07, 6.45) is 3.52. The van der Waals surface area contributed by atoms with Crippen molar-refractivity contribution < 1.29 is 14.3 Å². The van der Waals surface area contributed by atoms with Gasteiger partial charge in [-0.3, -0.25) is 0 Å². The number of urea groups is 1. The summed E-state index contributed by atoms with van der Waals surface area (Å²) >= 11 is 0. The molecule has 2 amide bonds. The molecule has 21 heavy (non-hydrogen) atoms. The highest BCUT2D eigenvalue weighted by atomic mass is 16.5. The Morgan fingerprint density at radius 1 is 1.43 bits per heavy atom. The number of carbonyl (C=O) groups is 1. The van der Waals surface area contributed by atoms with Crippen molar-refractivity contribution in [2.75, 3.05) is 38.7 Å². The van der Waals surface area contributed by atoms with E-state index in [4.69, 9.17) is 15.2 Å². The first-order chi connectivity index (χ1) is 10.2. The van der Waals surface area contributed by atoms with Crippen LogP contribution in [-0.4, -0.2) is 55.4 Å². The van der Waals surface area contributed by atoms with Gasteiger partial charge in [-0.2, -0.15) is 0 Å². The average Bonchev–Trinajstić information content (AvgIpc) is 2.50. The molecule has 1 aliphatic rings. The zero-order chi connectivity index (χ0) is 15.1. The van der Waals surface area contributed by atoms with E-state index in [0.717, 1.165) is 18.5 Å². The van der Waals surface area contributed by atoms with Gasteiger partial charge < -0.3 is 25.4 Å². The predicted octanol–water partition coefficient (Wildman–Crippen LogP) is 1.06. The first-order valence-corrected chi connectivity index (χ1v) is 7.07. The third kappa shape index (κ3) is 4.78. The van der Waals surface area contributed by atoms with Crippen LogP contribution in [0.5, 0.6) is 5.88 Å². The molecule has 0 radical (unpaired) electrons. The molecule has 0 aromatic carbocycles. The summed E-state index contributed by atoms with van der Waals surface area (Å²) in [7, 11) is 1.63. The fraction of sp³-hybridized carbons (Fsp3) is 0.571. The summed E-state index contributed by atoms with van der Waals surface area (Å²) in [5, 5.41) is 3.41. The summed E-state index contributed by atoms with van der Waals surface area (Å²) in [6.45, 7) is 2.42. The van der Waals surface area contributed by atoms with Crippen molar-refractivity contribution in [3.8, 4) is 5.88 Å². The Morgan fingerprint density at radius 3 is 2.76 bits per heavy atom. The van der Waals surface area contributed by atoms with Gasteiger partial charge in [0.1, 0.15) is 6.61 Å². The Kier molecular flexibility index (Phi) is 5.62. The van der Waals surface area contributed by atoms with E-state index in [0.29, 0.717) is 38.2 Å². The highest BCUT2D eigenvalue weighted by Crippen LogP contribution is 2.17. The number of rotatable bonds is 6. The largest absolute Gasteiger partial charge is 0.475 e. The minimum atomic E-state index is -0.340. The lowest BCUT2D eigenvalue weighted by Crippen LogP contribution is -2.44. The number of nitrogens with two attached hydrogens (primary N) is 1. The van der Waals surface area contributed by atoms with Crippen molar-refractivity contribution in [3.05, 3.63) is 18.3 Å².